The highest BCUT2D eigenvalue weighted by molar-refractivity contribution is 6.39. The number of alkyl carbamates (subject to hydrolysis) is 1. The van der Waals surface area contributed by atoms with Gasteiger partial charge in [-0.1, -0.05) is 64.2 Å². The summed E-state index contributed by atoms with van der Waals surface area (Å²) in [4.78, 5) is 71.1. The number of aliphatic hydroxyl groups excluding tert-OH is 2. The third-order valence-corrected chi connectivity index (χ3v) is 16.4. The average molecular weight is 1150 g/mol. The number of carbonyl (C=O) groups is 5. The van der Waals surface area contributed by atoms with Gasteiger partial charge in [-0.25, -0.2) is 9.59 Å². The summed E-state index contributed by atoms with van der Waals surface area (Å²) in [5.74, 6) is -7.83. The lowest BCUT2D eigenvalue weighted by Crippen LogP contribution is -2.61. The Morgan fingerprint density at radius 1 is 0.765 bits per heavy atom. The number of ether oxygens (including phenoxy) is 10. The molecule has 462 valence electrons. The first-order chi connectivity index (χ1) is 38.7. The van der Waals surface area contributed by atoms with Crippen LogP contribution < -0.4 is 11.1 Å². The molecule has 2 saturated heterocycles. The maximum absolute atomic E-state index is 14.7. The molecular formula is C60H99N3O18. The molecular weight excluding hydrogens is 1050 g/mol. The van der Waals surface area contributed by atoms with E-state index in [9.17, 15) is 39.3 Å². The van der Waals surface area contributed by atoms with Crippen molar-refractivity contribution in [3.05, 3.63) is 47.6 Å². The smallest absolute Gasteiger partial charge is 0.407 e. The van der Waals surface area contributed by atoms with Crippen molar-refractivity contribution < 1.29 is 86.7 Å². The Hall–Kier alpha value is -3.97. The first-order valence-corrected chi connectivity index (χ1v) is 29.3. The van der Waals surface area contributed by atoms with Crippen LogP contribution in [0.15, 0.2) is 47.6 Å². The molecule has 4 aliphatic rings. The molecule has 1 unspecified atom stereocenters. The van der Waals surface area contributed by atoms with Gasteiger partial charge in [0.1, 0.15) is 30.5 Å². The van der Waals surface area contributed by atoms with Gasteiger partial charge in [0.25, 0.3) is 11.7 Å². The van der Waals surface area contributed by atoms with Crippen molar-refractivity contribution in [3.8, 4) is 0 Å². The van der Waals surface area contributed by atoms with Crippen LogP contribution in [0.5, 0.6) is 0 Å². The van der Waals surface area contributed by atoms with E-state index in [4.69, 9.17) is 53.1 Å². The number of amides is 2. The number of nitrogens with two attached hydrogens (primary N) is 1. The average Bonchev–Trinajstić information content (AvgIpc) is 3.57. The summed E-state index contributed by atoms with van der Waals surface area (Å²) >= 11 is 0. The lowest BCUT2D eigenvalue weighted by molar-refractivity contribution is -0.265. The maximum Gasteiger partial charge on any atom is 0.407 e. The molecule has 21 nitrogen and oxygen atoms in total. The number of esters is 1. The van der Waals surface area contributed by atoms with E-state index in [0.717, 1.165) is 5.57 Å². The molecule has 0 aromatic heterocycles. The summed E-state index contributed by atoms with van der Waals surface area (Å²) < 4.78 is 57.5. The number of nitrogens with one attached hydrogen (secondary N) is 1. The molecule has 2 bridgehead atoms. The van der Waals surface area contributed by atoms with Gasteiger partial charge in [-0.3, -0.25) is 14.4 Å². The molecule has 21 heteroatoms. The molecule has 0 aromatic carbocycles. The van der Waals surface area contributed by atoms with E-state index in [0.29, 0.717) is 109 Å². The van der Waals surface area contributed by atoms with E-state index in [1.807, 2.05) is 51.2 Å². The zero-order valence-corrected chi connectivity index (χ0v) is 50.0. The predicted octanol–water partition coefficient (Wildman–Crippen LogP) is 5.09. The van der Waals surface area contributed by atoms with Gasteiger partial charge < -0.3 is 78.6 Å². The molecule has 3 heterocycles. The third-order valence-electron chi connectivity index (χ3n) is 16.4. The van der Waals surface area contributed by atoms with Crippen molar-refractivity contribution in [2.45, 2.75) is 185 Å². The maximum atomic E-state index is 14.7. The topological polar surface area (TPSA) is 280 Å². The van der Waals surface area contributed by atoms with Gasteiger partial charge in [0.2, 0.25) is 5.79 Å². The van der Waals surface area contributed by atoms with Crippen molar-refractivity contribution in [1.82, 2.24) is 10.2 Å². The highest BCUT2D eigenvalue weighted by Gasteiger charge is 2.53. The number of cyclic esters (lactones) is 1. The van der Waals surface area contributed by atoms with Crippen LogP contribution in [0.2, 0.25) is 0 Å². The fourth-order valence-corrected chi connectivity index (χ4v) is 11.3. The summed E-state index contributed by atoms with van der Waals surface area (Å²) in [6.45, 7) is 13.9. The Kier molecular flexibility index (Phi) is 30.9. The van der Waals surface area contributed by atoms with E-state index in [1.165, 1.54) is 12.0 Å². The monoisotopic (exact) mass is 1150 g/mol. The Bertz CT molecular complexity index is 2070. The molecule has 1 aliphatic carbocycles. The number of rotatable bonds is 19. The highest BCUT2D eigenvalue weighted by atomic mass is 16.6. The molecule has 16 atom stereocenters. The van der Waals surface area contributed by atoms with Crippen LogP contribution in [-0.4, -0.2) is 204 Å². The molecule has 81 heavy (non-hydrogen) atoms. The van der Waals surface area contributed by atoms with Crippen LogP contribution in [0.1, 0.15) is 119 Å². The number of allylic oxidation sites excluding steroid dienone is 5. The number of methoxy groups -OCH3 is 4. The zero-order valence-electron chi connectivity index (χ0n) is 50.0. The lowest BCUT2D eigenvalue weighted by atomic mass is 9.80. The van der Waals surface area contributed by atoms with Crippen LogP contribution in [0, 0.1) is 29.6 Å². The second-order valence-corrected chi connectivity index (χ2v) is 22.6. The normalized spacial score (nSPS) is 35.6. The Morgan fingerprint density at radius 3 is 2.11 bits per heavy atom. The van der Waals surface area contributed by atoms with Gasteiger partial charge in [0, 0.05) is 78.2 Å². The number of aliphatic hydroxyl groups is 3. The van der Waals surface area contributed by atoms with Gasteiger partial charge in [-0.15, -0.1) is 0 Å². The van der Waals surface area contributed by atoms with E-state index in [-0.39, 0.29) is 44.4 Å². The molecule has 6 N–H and O–H groups in total. The van der Waals surface area contributed by atoms with E-state index >= 15 is 0 Å². The molecule has 3 fully saturated rings. The minimum atomic E-state index is -2.46. The standard InChI is InChI=1S/C60H99N3O18/c1-38-16-12-11-13-17-39(2)49(73-8)36-45-21-19-43(6)60(71,81-45)56(67)57(68)63-24-15-14-18-47(63)58(69)79-51(37-50(74-9)40(3)33-42(5)54(65)55(66)53(64)41(4)32-38)46(61)34-44-20-22-48(52(35-44)75-10)80-59(70)62-23-25-76-28-29-78-31-30-77-27-26-72-7/h11-13,16-17,33,38,40-41,43-52,54-55,65-66,71H,14-15,18-32,34-37,61H2,1-10H3,(H,62,70)/b13-11+,16-12+,39-17+,42-33+/t38-,40?,41-,43-,44+,45+,46-,47+,48-,49+,50-,51+,52-,54-,55+,60-/m1/s1. The molecule has 2 amide bonds. The molecule has 0 radical (unpaired) electrons. The predicted molar refractivity (Wildman–Crippen MR) is 302 cm³/mol. The molecule has 1 saturated carbocycles. The second-order valence-electron chi connectivity index (χ2n) is 22.6. The van der Waals surface area contributed by atoms with Crippen LogP contribution in [-0.2, 0) is 66.5 Å². The summed E-state index contributed by atoms with van der Waals surface area (Å²) in [6.07, 6.45) is 8.34. The largest absolute Gasteiger partial charge is 0.459 e. The number of hydrogen-bond acceptors (Lipinski definition) is 19. The molecule has 4 rings (SSSR count). The summed E-state index contributed by atoms with van der Waals surface area (Å²) in [5.41, 5.74) is 8.30. The molecule has 3 aliphatic heterocycles. The zero-order chi connectivity index (χ0) is 59.6. The van der Waals surface area contributed by atoms with Gasteiger partial charge in [-0.05, 0) is 101 Å². The number of piperidine rings is 1. The first-order valence-electron chi connectivity index (χ1n) is 29.3. The number of carbonyl (C=O) groups excluding carboxylic acids is 5. The number of fused-ring (bicyclic) bond motifs is 3. The van der Waals surface area contributed by atoms with Crippen molar-refractivity contribution >= 4 is 29.5 Å². The van der Waals surface area contributed by atoms with Crippen LogP contribution in [0.3, 0.4) is 0 Å². The Labute approximate surface area is 480 Å². The minimum Gasteiger partial charge on any atom is -0.459 e. The van der Waals surface area contributed by atoms with Gasteiger partial charge in [0.05, 0.1) is 70.7 Å². The van der Waals surface area contributed by atoms with Crippen molar-refractivity contribution in [3.63, 3.8) is 0 Å². The Balaban J connectivity index is 1.55. The van der Waals surface area contributed by atoms with E-state index in [1.54, 1.807) is 48.2 Å². The Morgan fingerprint density at radius 2 is 1.44 bits per heavy atom. The number of hydrogen-bond donors (Lipinski definition) is 5. The summed E-state index contributed by atoms with van der Waals surface area (Å²) in [6, 6.07) is -1.99. The highest BCUT2D eigenvalue weighted by Crippen LogP contribution is 2.38. The van der Waals surface area contributed by atoms with Crippen molar-refractivity contribution in [1.29, 1.82) is 0 Å². The van der Waals surface area contributed by atoms with E-state index in [2.05, 4.69) is 5.32 Å². The van der Waals surface area contributed by atoms with Crippen LogP contribution in [0.25, 0.3) is 0 Å². The number of ketones is 2. The summed E-state index contributed by atoms with van der Waals surface area (Å²) in [7, 11) is 6.22. The quantitative estimate of drug-likeness (QED) is 0.0487. The van der Waals surface area contributed by atoms with Crippen molar-refractivity contribution in [2.24, 2.45) is 35.3 Å². The van der Waals surface area contributed by atoms with E-state index < -0.39 is 114 Å². The van der Waals surface area contributed by atoms with Crippen LogP contribution in [0.4, 0.5) is 4.79 Å². The molecule has 0 spiro atoms. The second kappa shape index (κ2) is 36.0. The lowest BCUT2D eigenvalue weighted by Gasteiger charge is -2.43. The van der Waals surface area contributed by atoms with Crippen LogP contribution >= 0.6 is 0 Å². The number of Topliss-reactive ketones (excluding diaryl/α,β-unsaturated/α-hetero) is 2. The third kappa shape index (κ3) is 21.9. The fraction of sp³-hybridized carbons (Fsp3) is 0.783. The van der Waals surface area contributed by atoms with Gasteiger partial charge >= 0.3 is 12.1 Å². The fourth-order valence-electron chi connectivity index (χ4n) is 11.3. The SMILES string of the molecule is COCCOCCOCCOCCNC(=O)O[C@@H]1CC[C@@H](C[C@@H](N)[C@@H]2C[C@@H](OC)C(C)/C=C(\C)[C@@H](O)[C@@H](O)C(=O)[C@H](C)C[C@H](C)/C=C/C=C/C=C(\C)[C@@H](OC)C[C@@H]3CC[C@@H](C)[C@@](O)(O3)C(=O)C(=O)N3CCCC[C@H]3C(=O)O2)C[C@H]1OC. The van der Waals surface area contributed by atoms with Crippen molar-refractivity contribution in [2.75, 3.05) is 87.8 Å². The summed E-state index contributed by atoms with van der Waals surface area (Å²) in [5, 5.41) is 37.4. The minimum absolute atomic E-state index is 0.0421. The first kappa shape index (κ1) is 69.5. The van der Waals surface area contributed by atoms with Gasteiger partial charge in [0.15, 0.2) is 5.78 Å². The van der Waals surface area contributed by atoms with Gasteiger partial charge in [-0.2, -0.15) is 0 Å². The number of nitrogens with zero attached hydrogens (tertiary/aromatic N) is 1. The molecule has 0 aromatic rings.